The molecule has 1 aromatic carbocycles. The molecule has 3 aromatic rings. The summed E-state index contributed by atoms with van der Waals surface area (Å²) in [5.41, 5.74) is 6.84. The van der Waals surface area contributed by atoms with Crippen LogP contribution in [0.3, 0.4) is 0 Å². The zero-order valence-corrected chi connectivity index (χ0v) is 13.3. The molecule has 0 amide bonds. The molecule has 0 saturated carbocycles. The van der Waals surface area contributed by atoms with E-state index in [9.17, 15) is 0 Å². The van der Waals surface area contributed by atoms with Gasteiger partial charge in [-0.1, -0.05) is 12.1 Å². The maximum absolute atomic E-state index is 6.06. The summed E-state index contributed by atoms with van der Waals surface area (Å²) in [6.07, 6.45) is 3.31. The number of nitrogens with two attached hydrogens (primary N) is 1. The Bertz CT molecular complexity index is 840. The molecule has 0 saturated heterocycles. The molecule has 0 radical (unpaired) electrons. The van der Waals surface area contributed by atoms with Crippen LogP contribution in [0.15, 0.2) is 48.8 Å². The lowest BCUT2D eigenvalue weighted by Crippen LogP contribution is -2.03. The number of benzene rings is 1. The number of para-hydroxylation sites is 2. The van der Waals surface area contributed by atoms with Crippen molar-refractivity contribution in [2.75, 3.05) is 20.0 Å². The molecule has 7 nitrogen and oxygen atoms in total. The normalized spacial score (nSPS) is 10.2. The van der Waals surface area contributed by atoms with Gasteiger partial charge >= 0.3 is 0 Å². The Morgan fingerprint density at radius 1 is 0.875 bits per heavy atom. The van der Waals surface area contributed by atoms with E-state index in [1.165, 1.54) is 7.11 Å². The second kappa shape index (κ2) is 6.82. The van der Waals surface area contributed by atoms with E-state index in [0.29, 0.717) is 17.3 Å². The molecule has 0 fully saturated rings. The van der Waals surface area contributed by atoms with E-state index in [1.807, 2.05) is 12.1 Å². The number of aromatic nitrogens is 3. The van der Waals surface area contributed by atoms with Gasteiger partial charge in [0.05, 0.1) is 14.2 Å². The fourth-order valence-electron chi connectivity index (χ4n) is 2.12. The first kappa shape index (κ1) is 15.5. The minimum absolute atomic E-state index is 0.166. The molecule has 7 heteroatoms. The Kier molecular flexibility index (Phi) is 4.42. The van der Waals surface area contributed by atoms with Gasteiger partial charge in [-0.25, -0.2) is 4.98 Å². The third-order valence-electron chi connectivity index (χ3n) is 3.27. The van der Waals surface area contributed by atoms with Crippen molar-refractivity contribution in [1.29, 1.82) is 0 Å². The molecular weight excluding hydrogens is 308 g/mol. The van der Waals surface area contributed by atoms with Gasteiger partial charge in [0.15, 0.2) is 23.1 Å². The molecule has 0 bridgehead atoms. The molecule has 0 unspecified atom stereocenters. The summed E-state index contributed by atoms with van der Waals surface area (Å²) in [4.78, 5) is 12.6. The molecule has 2 heterocycles. The van der Waals surface area contributed by atoms with Gasteiger partial charge in [-0.05, 0) is 24.3 Å². The Hall–Kier alpha value is -3.35. The summed E-state index contributed by atoms with van der Waals surface area (Å²) < 4.78 is 16.4. The highest BCUT2D eigenvalue weighted by Crippen LogP contribution is 2.39. The van der Waals surface area contributed by atoms with Crippen LogP contribution in [-0.4, -0.2) is 29.2 Å². The van der Waals surface area contributed by atoms with Gasteiger partial charge in [0.1, 0.15) is 0 Å². The molecule has 24 heavy (non-hydrogen) atoms. The lowest BCUT2D eigenvalue weighted by Gasteiger charge is -2.14. The lowest BCUT2D eigenvalue weighted by atomic mass is 10.2. The average Bonchev–Trinajstić information content (AvgIpc) is 2.64. The van der Waals surface area contributed by atoms with Crippen LogP contribution in [-0.2, 0) is 0 Å². The van der Waals surface area contributed by atoms with Crippen molar-refractivity contribution in [3.8, 4) is 34.5 Å². The molecule has 0 spiro atoms. The predicted octanol–water partition coefficient (Wildman–Crippen LogP) is 2.93. The SMILES string of the molecule is COc1ccccc1Oc1c(N)nc(-c2ccncc2)nc1OC. The highest BCUT2D eigenvalue weighted by Gasteiger charge is 2.18. The number of hydrogen-bond donors (Lipinski definition) is 1. The highest BCUT2D eigenvalue weighted by atomic mass is 16.5. The summed E-state index contributed by atoms with van der Waals surface area (Å²) in [5, 5.41) is 0. The highest BCUT2D eigenvalue weighted by molar-refractivity contribution is 5.63. The molecule has 0 aliphatic carbocycles. The number of ether oxygens (including phenoxy) is 3. The van der Waals surface area contributed by atoms with E-state index in [4.69, 9.17) is 19.9 Å². The van der Waals surface area contributed by atoms with E-state index in [2.05, 4.69) is 15.0 Å². The van der Waals surface area contributed by atoms with E-state index < -0.39 is 0 Å². The number of pyridine rings is 1. The van der Waals surface area contributed by atoms with Crippen molar-refractivity contribution < 1.29 is 14.2 Å². The topological polar surface area (TPSA) is 92.4 Å². The summed E-state index contributed by atoms with van der Waals surface area (Å²) in [7, 11) is 3.05. The van der Waals surface area contributed by atoms with Crippen LogP contribution >= 0.6 is 0 Å². The van der Waals surface area contributed by atoms with Gasteiger partial charge < -0.3 is 19.9 Å². The average molecular weight is 324 g/mol. The zero-order valence-electron chi connectivity index (χ0n) is 13.3. The molecule has 3 rings (SSSR count). The van der Waals surface area contributed by atoms with E-state index >= 15 is 0 Å². The first-order valence-corrected chi connectivity index (χ1v) is 7.15. The van der Waals surface area contributed by atoms with Crippen LogP contribution in [0.25, 0.3) is 11.4 Å². The van der Waals surface area contributed by atoms with Crippen LogP contribution in [0.2, 0.25) is 0 Å². The van der Waals surface area contributed by atoms with Crippen molar-refractivity contribution in [3.63, 3.8) is 0 Å². The smallest absolute Gasteiger partial charge is 0.263 e. The third-order valence-corrected chi connectivity index (χ3v) is 3.27. The minimum atomic E-state index is 0.166. The molecule has 2 aromatic heterocycles. The van der Waals surface area contributed by atoms with Crippen molar-refractivity contribution in [2.45, 2.75) is 0 Å². The van der Waals surface area contributed by atoms with Gasteiger partial charge in [-0.2, -0.15) is 4.98 Å². The number of methoxy groups -OCH3 is 2. The van der Waals surface area contributed by atoms with Gasteiger partial charge in [-0.3, -0.25) is 4.98 Å². The first-order chi connectivity index (χ1) is 11.7. The van der Waals surface area contributed by atoms with Crippen molar-refractivity contribution in [3.05, 3.63) is 48.8 Å². The van der Waals surface area contributed by atoms with Crippen LogP contribution < -0.4 is 19.9 Å². The van der Waals surface area contributed by atoms with Crippen molar-refractivity contribution in [1.82, 2.24) is 15.0 Å². The van der Waals surface area contributed by atoms with Gasteiger partial charge in [0, 0.05) is 18.0 Å². The van der Waals surface area contributed by atoms with Crippen molar-refractivity contribution in [2.24, 2.45) is 0 Å². The Morgan fingerprint density at radius 2 is 1.58 bits per heavy atom. The summed E-state index contributed by atoms with van der Waals surface area (Å²) in [6.45, 7) is 0. The maximum Gasteiger partial charge on any atom is 0.263 e. The van der Waals surface area contributed by atoms with Crippen LogP contribution in [0.4, 0.5) is 5.82 Å². The minimum Gasteiger partial charge on any atom is -0.493 e. The Balaban J connectivity index is 2.02. The third kappa shape index (κ3) is 3.05. The molecule has 2 N–H and O–H groups in total. The Morgan fingerprint density at radius 3 is 2.25 bits per heavy atom. The monoisotopic (exact) mass is 324 g/mol. The Labute approximate surface area is 139 Å². The zero-order chi connectivity index (χ0) is 16.9. The second-order valence-corrected chi connectivity index (χ2v) is 4.76. The first-order valence-electron chi connectivity index (χ1n) is 7.15. The maximum atomic E-state index is 6.06. The van der Waals surface area contributed by atoms with Crippen LogP contribution in [0, 0.1) is 0 Å². The lowest BCUT2D eigenvalue weighted by molar-refractivity contribution is 0.348. The summed E-state index contributed by atoms with van der Waals surface area (Å²) in [5.74, 6) is 2.13. The largest absolute Gasteiger partial charge is 0.493 e. The van der Waals surface area contributed by atoms with Crippen LogP contribution in [0.1, 0.15) is 0 Å². The fourth-order valence-corrected chi connectivity index (χ4v) is 2.12. The number of nitrogen functional groups attached to an aromatic ring is 1. The summed E-state index contributed by atoms with van der Waals surface area (Å²) >= 11 is 0. The fraction of sp³-hybridized carbons (Fsp3) is 0.118. The van der Waals surface area contributed by atoms with Gasteiger partial charge in [0.25, 0.3) is 5.88 Å². The van der Waals surface area contributed by atoms with E-state index in [0.717, 1.165) is 5.56 Å². The summed E-state index contributed by atoms with van der Waals surface area (Å²) in [6, 6.07) is 10.8. The standard InChI is InChI=1S/C17H16N4O3/c1-22-12-5-3-4-6-13(12)24-14-15(18)20-16(21-17(14)23-2)11-7-9-19-10-8-11/h3-10H,1-2H3,(H2,18,20,21). The van der Waals surface area contributed by atoms with Crippen LogP contribution in [0.5, 0.6) is 23.1 Å². The molecule has 122 valence electrons. The predicted molar refractivity (Wildman–Crippen MR) is 89.3 cm³/mol. The number of anilines is 1. The second-order valence-electron chi connectivity index (χ2n) is 4.76. The molecule has 0 aliphatic rings. The molecular formula is C17H16N4O3. The van der Waals surface area contributed by atoms with Gasteiger partial charge in [0.2, 0.25) is 5.75 Å². The van der Waals surface area contributed by atoms with E-state index in [1.54, 1.807) is 43.8 Å². The number of hydrogen-bond acceptors (Lipinski definition) is 7. The number of nitrogens with zero attached hydrogens (tertiary/aromatic N) is 3. The number of rotatable bonds is 5. The van der Waals surface area contributed by atoms with Gasteiger partial charge in [-0.15, -0.1) is 0 Å². The molecule has 0 aliphatic heterocycles. The van der Waals surface area contributed by atoms with E-state index in [-0.39, 0.29) is 17.4 Å². The van der Waals surface area contributed by atoms with Crippen molar-refractivity contribution >= 4 is 5.82 Å². The molecule has 0 atom stereocenters. The quantitative estimate of drug-likeness (QED) is 0.771.